The first-order valence-corrected chi connectivity index (χ1v) is 9.74. The van der Waals surface area contributed by atoms with Gasteiger partial charge in [-0.3, -0.25) is 4.40 Å². The Morgan fingerprint density at radius 1 is 0.690 bits per heavy atom. The van der Waals surface area contributed by atoms with Crippen molar-refractivity contribution in [2.75, 3.05) is 0 Å². The Hall–Kier alpha value is -3.85. The van der Waals surface area contributed by atoms with Crippen LogP contribution in [0.5, 0.6) is 0 Å². The molecule has 0 fully saturated rings. The highest BCUT2D eigenvalue weighted by Crippen LogP contribution is 2.34. The molecule has 0 bridgehead atoms. The van der Waals surface area contributed by atoms with Gasteiger partial charge in [-0.1, -0.05) is 72.3 Å². The number of benzene rings is 4. The van der Waals surface area contributed by atoms with Crippen molar-refractivity contribution in [2.24, 2.45) is 0 Å². The second kappa shape index (κ2) is 6.08. The third-order valence-corrected chi connectivity index (χ3v) is 5.48. The fraction of sp³-hybridized carbons (Fsp3) is 0.0385. The lowest BCUT2D eigenvalue weighted by molar-refractivity contribution is 0.644. The number of oxazole rings is 1. The van der Waals surface area contributed by atoms with Crippen LogP contribution in [0.3, 0.4) is 0 Å². The molecule has 0 atom stereocenters. The average molecular weight is 374 g/mol. The number of hydrogen-bond acceptors (Lipinski definition) is 2. The fourth-order valence-electron chi connectivity index (χ4n) is 4.12. The highest BCUT2D eigenvalue weighted by atomic mass is 16.4. The van der Waals surface area contributed by atoms with Gasteiger partial charge >= 0.3 is 5.84 Å². The number of hydrogen-bond donors (Lipinski definition) is 0. The molecule has 6 aromatic rings. The molecule has 138 valence electrons. The van der Waals surface area contributed by atoms with Crippen molar-refractivity contribution in [3.05, 3.63) is 96.6 Å². The molecule has 0 N–H and O–H groups in total. The lowest BCUT2D eigenvalue weighted by Gasteiger charge is -2.07. The van der Waals surface area contributed by atoms with Gasteiger partial charge < -0.3 is 4.42 Å². The van der Waals surface area contributed by atoms with E-state index in [0.29, 0.717) is 5.84 Å². The van der Waals surface area contributed by atoms with E-state index >= 15 is 0 Å². The average Bonchev–Trinajstić information content (AvgIpc) is 3.29. The molecular formula is C26H18N2O. The Morgan fingerprint density at radius 3 is 2.31 bits per heavy atom. The Kier molecular flexibility index (Phi) is 3.38. The summed E-state index contributed by atoms with van der Waals surface area (Å²) < 4.78 is 8.34. The molecule has 0 radical (unpaired) electrons. The molecule has 3 nitrogen and oxygen atoms in total. The van der Waals surface area contributed by atoms with Gasteiger partial charge in [-0.25, -0.2) is 0 Å². The summed E-state index contributed by atoms with van der Waals surface area (Å²) in [4.78, 5) is 4.66. The molecule has 0 aliphatic heterocycles. The van der Waals surface area contributed by atoms with Gasteiger partial charge in [-0.05, 0) is 47.9 Å². The lowest BCUT2D eigenvalue weighted by atomic mass is 9.98. The quantitative estimate of drug-likeness (QED) is 0.331. The maximum Gasteiger partial charge on any atom is 0.307 e. The van der Waals surface area contributed by atoms with E-state index in [2.05, 4.69) is 89.1 Å². The van der Waals surface area contributed by atoms with Crippen molar-refractivity contribution in [1.82, 2.24) is 9.38 Å². The molecule has 0 aliphatic carbocycles. The summed E-state index contributed by atoms with van der Waals surface area (Å²) in [6.45, 7) is 2.12. The van der Waals surface area contributed by atoms with Gasteiger partial charge in [0.2, 0.25) is 0 Å². The molecule has 0 unspecified atom stereocenters. The highest BCUT2D eigenvalue weighted by molar-refractivity contribution is 5.96. The number of aryl methyl sites for hydroxylation is 1. The van der Waals surface area contributed by atoms with E-state index in [0.717, 1.165) is 33.3 Å². The minimum atomic E-state index is 0.628. The molecule has 3 heteroatoms. The van der Waals surface area contributed by atoms with Crippen molar-refractivity contribution in [3.63, 3.8) is 0 Å². The van der Waals surface area contributed by atoms with Crippen molar-refractivity contribution in [1.29, 1.82) is 0 Å². The smallest absolute Gasteiger partial charge is 0.307 e. The number of rotatable bonds is 2. The van der Waals surface area contributed by atoms with Crippen molar-refractivity contribution < 1.29 is 4.42 Å². The number of aromatic nitrogens is 2. The van der Waals surface area contributed by atoms with Crippen LogP contribution >= 0.6 is 0 Å². The molecule has 0 aliphatic rings. The van der Waals surface area contributed by atoms with Crippen LogP contribution in [0.25, 0.3) is 50.2 Å². The number of para-hydroxylation sites is 3. The minimum absolute atomic E-state index is 0.628. The molecule has 4 aromatic carbocycles. The standard InChI is InChI=1S/C26H18N2O/c1-17-7-4-8-18(15-17)19-9-5-10-20(16-19)21-11-6-14-24-25(21)29-26-27-22-12-2-3-13-23(22)28(24)26/h2-16H,1H3. The summed E-state index contributed by atoms with van der Waals surface area (Å²) in [5, 5.41) is 0. The highest BCUT2D eigenvalue weighted by Gasteiger charge is 2.16. The number of fused-ring (bicyclic) bond motifs is 5. The monoisotopic (exact) mass is 374 g/mol. The Labute approximate surface area is 167 Å². The Balaban J connectivity index is 1.58. The predicted molar refractivity (Wildman–Crippen MR) is 118 cm³/mol. The van der Waals surface area contributed by atoms with E-state index in [1.54, 1.807) is 0 Å². The largest absolute Gasteiger partial charge is 0.422 e. The second-order valence-electron chi connectivity index (χ2n) is 7.42. The van der Waals surface area contributed by atoms with Crippen molar-refractivity contribution in [3.8, 4) is 22.3 Å². The molecule has 29 heavy (non-hydrogen) atoms. The number of imidazole rings is 1. The third kappa shape index (κ3) is 2.48. The van der Waals surface area contributed by atoms with Gasteiger partial charge in [0.15, 0.2) is 5.58 Å². The van der Waals surface area contributed by atoms with E-state index < -0.39 is 0 Å². The first kappa shape index (κ1) is 16.1. The van der Waals surface area contributed by atoms with Crippen LogP contribution in [-0.4, -0.2) is 9.38 Å². The second-order valence-corrected chi connectivity index (χ2v) is 7.42. The van der Waals surface area contributed by atoms with Crippen LogP contribution in [0, 0.1) is 6.92 Å². The zero-order valence-corrected chi connectivity index (χ0v) is 16.0. The fourth-order valence-corrected chi connectivity index (χ4v) is 4.12. The maximum absolute atomic E-state index is 6.24. The molecule has 0 saturated carbocycles. The van der Waals surface area contributed by atoms with E-state index in [4.69, 9.17) is 4.42 Å². The van der Waals surface area contributed by atoms with Gasteiger partial charge in [-0.15, -0.1) is 0 Å². The molecule has 2 heterocycles. The van der Waals surface area contributed by atoms with Crippen LogP contribution in [-0.2, 0) is 0 Å². The van der Waals surface area contributed by atoms with Crippen molar-refractivity contribution >= 4 is 28.0 Å². The van der Waals surface area contributed by atoms with E-state index in [-0.39, 0.29) is 0 Å². The van der Waals surface area contributed by atoms with Gasteiger partial charge in [0.1, 0.15) is 0 Å². The van der Waals surface area contributed by atoms with Gasteiger partial charge in [-0.2, -0.15) is 4.98 Å². The Morgan fingerprint density at radius 2 is 1.41 bits per heavy atom. The minimum Gasteiger partial charge on any atom is -0.422 e. The van der Waals surface area contributed by atoms with E-state index in [1.807, 2.05) is 18.2 Å². The molecule has 2 aromatic heterocycles. The predicted octanol–water partition coefficient (Wildman–Crippen LogP) is 6.88. The van der Waals surface area contributed by atoms with Crippen LogP contribution in [0.15, 0.2) is 95.4 Å². The molecule has 0 saturated heterocycles. The summed E-state index contributed by atoms with van der Waals surface area (Å²) in [5.74, 6) is 0.628. The SMILES string of the molecule is Cc1cccc(-c2cccc(-c3cccc4c3oc3nc5ccccc5n34)c2)c1. The van der Waals surface area contributed by atoms with E-state index in [9.17, 15) is 0 Å². The molecular weight excluding hydrogens is 356 g/mol. The van der Waals surface area contributed by atoms with Gasteiger partial charge in [0, 0.05) is 5.56 Å². The van der Waals surface area contributed by atoms with Crippen LogP contribution in [0.4, 0.5) is 0 Å². The first-order chi connectivity index (χ1) is 14.3. The van der Waals surface area contributed by atoms with Crippen LogP contribution in [0.1, 0.15) is 5.56 Å². The normalized spacial score (nSPS) is 11.6. The van der Waals surface area contributed by atoms with Crippen LogP contribution < -0.4 is 0 Å². The van der Waals surface area contributed by atoms with Gasteiger partial charge in [0.05, 0.1) is 16.6 Å². The summed E-state index contributed by atoms with van der Waals surface area (Å²) in [6, 6.07) is 31.6. The first-order valence-electron chi connectivity index (χ1n) is 9.74. The summed E-state index contributed by atoms with van der Waals surface area (Å²) in [5.41, 5.74) is 9.79. The topological polar surface area (TPSA) is 30.4 Å². The molecule has 6 rings (SSSR count). The summed E-state index contributed by atoms with van der Waals surface area (Å²) in [7, 11) is 0. The lowest BCUT2D eigenvalue weighted by Crippen LogP contribution is -1.84. The zero-order valence-electron chi connectivity index (χ0n) is 16.0. The van der Waals surface area contributed by atoms with Gasteiger partial charge in [0.25, 0.3) is 0 Å². The summed E-state index contributed by atoms with van der Waals surface area (Å²) >= 11 is 0. The summed E-state index contributed by atoms with van der Waals surface area (Å²) in [6.07, 6.45) is 0. The van der Waals surface area contributed by atoms with Crippen LogP contribution in [0.2, 0.25) is 0 Å². The number of nitrogens with zero attached hydrogens (tertiary/aromatic N) is 2. The zero-order chi connectivity index (χ0) is 19.4. The third-order valence-electron chi connectivity index (χ3n) is 5.48. The van der Waals surface area contributed by atoms with Crippen molar-refractivity contribution in [2.45, 2.75) is 6.92 Å². The Bertz CT molecular complexity index is 1520. The maximum atomic E-state index is 6.24. The molecule has 0 amide bonds. The van der Waals surface area contributed by atoms with E-state index in [1.165, 1.54) is 16.7 Å². The molecule has 0 spiro atoms.